The molecule has 2 nitrogen and oxygen atoms in total. The largest absolute Gasteiger partial charge is 0.450 e. The molecule has 0 aromatic carbocycles. The standard InChI is InChI=1S/C14H15F6NO/c1-11(14(18,19)20)5-4-8-9(6-11)21(3)7-12(8,2)10(22)13(15,16)17/h4,6H,5,7H2,1-3H3. The highest BCUT2D eigenvalue weighted by Crippen LogP contribution is 2.53. The Kier molecular flexibility index (Phi) is 3.47. The molecule has 2 rings (SSSR count). The minimum Gasteiger partial charge on any atom is -0.373 e. The van der Waals surface area contributed by atoms with E-state index in [0.29, 0.717) is 0 Å². The molecule has 0 radical (unpaired) electrons. The summed E-state index contributed by atoms with van der Waals surface area (Å²) in [6, 6.07) is 0. The summed E-state index contributed by atoms with van der Waals surface area (Å²) in [5.74, 6) is -1.93. The first-order valence-corrected chi connectivity index (χ1v) is 6.56. The molecule has 1 heterocycles. The van der Waals surface area contributed by atoms with Crippen molar-refractivity contribution in [1.29, 1.82) is 0 Å². The maximum absolute atomic E-state index is 13.1. The van der Waals surface area contributed by atoms with Crippen molar-refractivity contribution >= 4 is 5.78 Å². The van der Waals surface area contributed by atoms with Gasteiger partial charge in [-0.15, -0.1) is 0 Å². The second-order valence-electron chi connectivity index (χ2n) is 6.28. The predicted molar refractivity (Wildman–Crippen MR) is 66.7 cm³/mol. The number of halogens is 6. The molecule has 0 N–H and O–H groups in total. The van der Waals surface area contributed by atoms with Crippen LogP contribution in [0.5, 0.6) is 0 Å². The minimum absolute atomic E-state index is 0.0269. The summed E-state index contributed by atoms with van der Waals surface area (Å²) in [5, 5.41) is 0. The van der Waals surface area contributed by atoms with Crippen molar-refractivity contribution in [3.8, 4) is 0 Å². The predicted octanol–water partition coefficient (Wildman–Crippen LogP) is 3.85. The first-order valence-electron chi connectivity index (χ1n) is 6.56. The molecule has 0 aromatic heterocycles. The number of Topliss-reactive ketones (excluding diaryl/α,β-unsaturated/α-hetero) is 1. The zero-order valence-corrected chi connectivity index (χ0v) is 12.2. The fourth-order valence-electron chi connectivity index (χ4n) is 3.03. The molecule has 0 bridgehead atoms. The van der Waals surface area contributed by atoms with E-state index in [-0.39, 0.29) is 17.8 Å². The summed E-state index contributed by atoms with van der Waals surface area (Å²) in [6.07, 6.45) is -7.98. The Labute approximate surface area is 123 Å². The van der Waals surface area contributed by atoms with Gasteiger partial charge in [-0.25, -0.2) is 0 Å². The van der Waals surface area contributed by atoms with Gasteiger partial charge in [0, 0.05) is 19.3 Å². The van der Waals surface area contributed by atoms with E-state index in [1.165, 1.54) is 11.9 Å². The van der Waals surface area contributed by atoms with Crippen molar-refractivity contribution in [3.63, 3.8) is 0 Å². The van der Waals surface area contributed by atoms with Gasteiger partial charge in [-0.3, -0.25) is 4.79 Å². The summed E-state index contributed by atoms with van der Waals surface area (Å²) in [7, 11) is 1.39. The van der Waals surface area contributed by atoms with Crippen LogP contribution in [0.1, 0.15) is 20.3 Å². The van der Waals surface area contributed by atoms with E-state index in [0.717, 1.165) is 26.0 Å². The zero-order chi connectivity index (χ0) is 17.1. The molecule has 1 saturated heterocycles. The van der Waals surface area contributed by atoms with E-state index >= 15 is 0 Å². The Morgan fingerprint density at radius 1 is 1.18 bits per heavy atom. The minimum atomic E-state index is -5.03. The number of allylic oxidation sites excluding steroid dienone is 3. The highest BCUT2D eigenvalue weighted by molar-refractivity contribution is 5.94. The van der Waals surface area contributed by atoms with Gasteiger partial charge in [-0.05, 0) is 31.9 Å². The fraction of sp³-hybridized carbons (Fsp3) is 0.643. The maximum atomic E-state index is 13.1. The van der Waals surface area contributed by atoms with Crippen LogP contribution in [-0.2, 0) is 4.79 Å². The summed E-state index contributed by atoms with van der Waals surface area (Å²) in [4.78, 5) is 13.0. The van der Waals surface area contributed by atoms with E-state index < -0.39 is 35.4 Å². The van der Waals surface area contributed by atoms with Crippen molar-refractivity contribution in [2.45, 2.75) is 32.6 Å². The van der Waals surface area contributed by atoms with Crippen LogP contribution in [0, 0.1) is 10.8 Å². The Balaban J connectivity index is 2.48. The molecule has 1 fully saturated rings. The third kappa shape index (κ3) is 2.32. The topological polar surface area (TPSA) is 20.3 Å². The molecule has 124 valence electrons. The molecular formula is C14H15F6NO. The van der Waals surface area contributed by atoms with Crippen molar-refractivity contribution in [2.75, 3.05) is 13.6 Å². The van der Waals surface area contributed by atoms with Crippen LogP contribution < -0.4 is 0 Å². The van der Waals surface area contributed by atoms with Gasteiger partial charge >= 0.3 is 12.4 Å². The molecule has 2 aliphatic rings. The van der Waals surface area contributed by atoms with Gasteiger partial charge in [-0.2, -0.15) is 26.3 Å². The van der Waals surface area contributed by atoms with E-state index in [4.69, 9.17) is 0 Å². The molecule has 22 heavy (non-hydrogen) atoms. The number of fused-ring (bicyclic) bond motifs is 1. The summed E-state index contributed by atoms with van der Waals surface area (Å²) in [5.41, 5.74) is -3.94. The molecule has 2 atom stereocenters. The smallest absolute Gasteiger partial charge is 0.373 e. The average Bonchev–Trinajstić information content (AvgIpc) is 2.58. The lowest BCUT2D eigenvalue weighted by Crippen LogP contribution is -2.42. The van der Waals surface area contributed by atoms with Crippen LogP contribution >= 0.6 is 0 Å². The van der Waals surface area contributed by atoms with E-state index in [1.807, 2.05) is 0 Å². The van der Waals surface area contributed by atoms with Gasteiger partial charge in [0.1, 0.15) is 0 Å². The Morgan fingerprint density at radius 3 is 2.18 bits per heavy atom. The summed E-state index contributed by atoms with van der Waals surface area (Å²) >= 11 is 0. The number of carbonyl (C=O) groups is 1. The number of rotatable bonds is 1. The molecule has 0 amide bonds. The lowest BCUT2D eigenvalue weighted by Gasteiger charge is -2.34. The number of ketones is 1. The number of hydrogen-bond acceptors (Lipinski definition) is 2. The third-order valence-electron chi connectivity index (χ3n) is 4.43. The molecule has 8 heteroatoms. The summed E-state index contributed by atoms with van der Waals surface area (Å²) < 4.78 is 77.7. The Morgan fingerprint density at radius 2 is 1.73 bits per heavy atom. The van der Waals surface area contributed by atoms with E-state index in [2.05, 4.69) is 0 Å². The van der Waals surface area contributed by atoms with Crippen LogP contribution in [0.15, 0.2) is 23.4 Å². The third-order valence-corrected chi connectivity index (χ3v) is 4.43. The molecule has 0 aromatic rings. The van der Waals surface area contributed by atoms with Gasteiger partial charge in [0.2, 0.25) is 5.78 Å². The molecule has 1 aliphatic carbocycles. The van der Waals surface area contributed by atoms with E-state index in [9.17, 15) is 31.1 Å². The lowest BCUT2D eigenvalue weighted by atomic mass is 9.73. The van der Waals surface area contributed by atoms with Gasteiger partial charge in [0.15, 0.2) is 0 Å². The Bertz CT molecular complexity index is 573. The second kappa shape index (κ2) is 4.52. The van der Waals surface area contributed by atoms with Crippen LogP contribution in [0.3, 0.4) is 0 Å². The number of carbonyl (C=O) groups excluding carboxylic acids is 1. The second-order valence-corrected chi connectivity index (χ2v) is 6.28. The van der Waals surface area contributed by atoms with Crippen molar-refractivity contribution < 1.29 is 31.1 Å². The van der Waals surface area contributed by atoms with E-state index in [1.54, 1.807) is 0 Å². The van der Waals surface area contributed by atoms with Crippen LogP contribution in [0.4, 0.5) is 26.3 Å². The highest BCUT2D eigenvalue weighted by atomic mass is 19.4. The van der Waals surface area contributed by atoms with Crippen LogP contribution in [0.2, 0.25) is 0 Å². The van der Waals surface area contributed by atoms with Crippen molar-refractivity contribution in [1.82, 2.24) is 4.90 Å². The molecule has 2 unspecified atom stereocenters. The molecular weight excluding hydrogens is 312 g/mol. The van der Waals surface area contributed by atoms with Crippen molar-refractivity contribution in [2.24, 2.45) is 10.8 Å². The first kappa shape index (κ1) is 16.9. The number of nitrogens with zero attached hydrogens (tertiary/aromatic N) is 1. The first-order chi connectivity index (χ1) is 9.72. The number of hydrogen-bond donors (Lipinski definition) is 0. The summed E-state index contributed by atoms with van der Waals surface area (Å²) in [6.45, 7) is 1.82. The van der Waals surface area contributed by atoms with Gasteiger partial charge in [0.25, 0.3) is 0 Å². The Hall–Kier alpha value is -1.47. The highest BCUT2D eigenvalue weighted by Gasteiger charge is 2.59. The fourth-order valence-corrected chi connectivity index (χ4v) is 3.03. The van der Waals surface area contributed by atoms with Crippen LogP contribution in [-0.4, -0.2) is 36.6 Å². The quantitative estimate of drug-likeness (QED) is 0.682. The van der Waals surface area contributed by atoms with Gasteiger partial charge in [0.05, 0.1) is 10.8 Å². The number of likely N-dealkylation sites (N-methyl/N-ethyl adjacent to an activating group) is 1. The molecule has 0 saturated carbocycles. The molecule has 1 aliphatic heterocycles. The SMILES string of the molecule is CN1CC(C)(C(=O)C(F)(F)F)C2=CCC(C)(C(F)(F)F)C=C21. The monoisotopic (exact) mass is 327 g/mol. The van der Waals surface area contributed by atoms with Gasteiger partial charge in [-0.1, -0.05) is 6.08 Å². The van der Waals surface area contributed by atoms with Crippen molar-refractivity contribution in [3.05, 3.63) is 23.4 Å². The lowest BCUT2D eigenvalue weighted by molar-refractivity contribution is -0.199. The van der Waals surface area contributed by atoms with Crippen LogP contribution in [0.25, 0.3) is 0 Å². The number of alkyl halides is 6. The normalized spacial score (nSPS) is 32.5. The average molecular weight is 327 g/mol. The van der Waals surface area contributed by atoms with Gasteiger partial charge < -0.3 is 4.90 Å². The number of likely N-dealkylation sites (tertiary alicyclic amines) is 1. The maximum Gasteiger partial charge on any atom is 0.450 e. The molecule has 0 spiro atoms. The zero-order valence-electron chi connectivity index (χ0n) is 12.2.